The lowest BCUT2D eigenvalue weighted by atomic mass is 9.79. The average Bonchev–Trinajstić information content (AvgIpc) is 3.01. The number of carbonyl (C=O) groups is 2. The molecule has 1 heterocycles. The first-order chi connectivity index (χ1) is 12.5. The van der Waals surface area contributed by atoms with Crippen molar-refractivity contribution in [3.63, 3.8) is 0 Å². The van der Waals surface area contributed by atoms with Crippen LogP contribution in [0.5, 0.6) is 0 Å². The van der Waals surface area contributed by atoms with E-state index in [1.165, 1.54) is 7.11 Å². The van der Waals surface area contributed by atoms with Crippen LogP contribution in [0.4, 0.5) is 0 Å². The Morgan fingerprint density at radius 1 is 1.23 bits per heavy atom. The van der Waals surface area contributed by atoms with Crippen LogP contribution in [-0.4, -0.2) is 30.7 Å². The predicted molar refractivity (Wildman–Crippen MR) is 97.7 cm³/mol. The number of fused-ring (bicyclic) bond motifs is 1. The van der Waals surface area contributed by atoms with Gasteiger partial charge in [0.05, 0.1) is 19.4 Å². The number of esters is 1. The summed E-state index contributed by atoms with van der Waals surface area (Å²) in [5.74, 6) is -0.253. The molecule has 0 radical (unpaired) electrons. The second kappa shape index (κ2) is 7.89. The summed E-state index contributed by atoms with van der Waals surface area (Å²) in [5.41, 5.74) is 3.63. The van der Waals surface area contributed by atoms with E-state index in [1.54, 1.807) is 0 Å². The van der Waals surface area contributed by atoms with E-state index in [0.29, 0.717) is 17.8 Å². The van der Waals surface area contributed by atoms with Gasteiger partial charge in [0.2, 0.25) is 5.91 Å². The predicted octanol–water partition coefficient (Wildman–Crippen LogP) is 3.08. The van der Waals surface area contributed by atoms with Crippen molar-refractivity contribution < 1.29 is 18.8 Å². The minimum absolute atomic E-state index is 0.104. The van der Waals surface area contributed by atoms with Gasteiger partial charge < -0.3 is 14.6 Å². The van der Waals surface area contributed by atoms with Gasteiger partial charge in [-0.15, -0.1) is 0 Å². The number of methoxy groups -OCH3 is 1. The smallest absolute Gasteiger partial charge is 0.309 e. The van der Waals surface area contributed by atoms with Gasteiger partial charge in [0.1, 0.15) is 5.69 Å². The van der Waals surface area contributed by atoms with Crippen LogP contribution in [0.25, 0.3) is 11.0 Å². The number of carbonyl (C=O) groups excluding carboxylic acids is 2. The number of aryl methyl sites for hydroxylation is 2. The Morgan fingerprint density at radius 3 is 2.73 bits per heavy atom. The molecule has 26 heavy (non-hydrogen) atoms. The Kier molecular flexibility index (Phi) is 5.59. The Bertz CT molecular complexity index is 811. The molecule has 3 rings (SSSR count). The largest absolute Gasteiger partial charge is 0.469 e. The zero-order chi connectivity index (χ0) is 18.7. The Hall–Kier alpha value is -2.37. The van der Waals surface area contributed by atoms with Gasteiger partial charge in [-0.05, 0) is 55.9 Å². The van der Waals surface area contributed by atoms with Crippen molar-refractivity contribution in [1.29, 1.82) is 0 Å². The molecule has 1 aromatic heterocycles. The highest BCUT2D eigenvalue weighted by molar-refractivity contribution is 5.87. The van der Waals surface area contributed by atoms with Gasteiger partial charge in [0, 0.05) is 11.9 Å². The van der Waals surface area contributed by atoms with Crippen molar-refractivity contribution in [1.82, 2.24) is 10.5 Å². The summed E-state index contributed by atoms with van der Waals surface area (Å²) in [6.45, 7) is 4.54. The lowest BCUT2D eigenvalue weighted by molar-refractivity contribution is -0.148. The van der Waals surface area contributed by atoms with E-state index in [2.05, 4.69) is 10.5 Å². The van der Waals surface area contributed by atoms with Gasteiger partial charge in [0.15, 0.2) is 5.58 Å². The molecule has 0 aliphatic heterocycles. The van der Waals surface area contributed by atoms with E-state index >= 15 is 0 Å². The number of nitrogens with zero attached hydrogens (tertiary/aromatic N) is 1. The summed E-state index contributed by atoms with van der Waals surface area (Å²) in [6, 6.07) is 3.96. The maximum atomic E-state index is 12.4. The van der Waals surface area contributed by atoms with Gasteiger partial charge >= 0.3 is 5.97 Å². The Balaban J connectivity index is 1.62. The highest BCUT2D eigenvalue weighted by Gasteiger charge is 2.31. The molecule has 0 spiro atoms. The molecule has 1 aromatic carbocycles. The number of rotatable bonds is 5. The molecule has 1 fully saturated rings. The van der Waals surface area contributed by atoms with E-state index in [9.17, 15) is 9.59 Å². The van der Waals surface area contributed by atoms with E-state index in [0.717, 1.165) is 42.2 Å². The van der Waals surface area contributed by atoms with Gasteiger partial charge in [-0.1, -0.05) is 18.0 Å². The molecule has 2 aromatic rings. The number of nitrogens with one attached hydrogen (secondary N) is 1. The zero-order valence-electron chi connectivity index (χ0n) is 15.6. The van der Waals surface area contributed by atoms with Crippen LogP contribution in [0, 0.1) is 25.7 Å². The summed E-state index contributed by atoms with van der Waals surface area (Å²) >= 11 is 0. The monoisotopic (exact) mass is 358 g/mol. The van der Waals surface area contributed by atoms with Crippen LogP contribution in [-0.2, 0) is 20.7 Å². The Morgan fingerprint density at radius 2 is 1.96 bits per heavy atom. The van der Waals surface area contributed by atoms with Crippen LogP contribution in [0.3, 0.4) is 0 Å². The molecular formula is C20H26N2O4. The van der Waals surface area contributed by atoms with E-state index < -0.39 is 0 Å². The highest BCUT2D eigenvalue weighted by Crippen LogP contribution is 2.30. The third kappa shape index (κ3) is 3.89. The maximum Gasteiger partial charge on any atom is 0.309 e. The van der Waals surface area contributed by atoms with Crippen molar-refractivity contribution in [3.8, 4) is 0 Å². The number of amides is 1. The topological polar surface area (TPSA) is 81.4 Å². The molecule has 1 N–H and O–H groups in total. The molecule has 1 aliphatic carbocycles. The van der Waals surface area contributed by atoms with Gasteiger partial charge in [-0.25, -0.2) is 0 Å². The van der Waals surface area contributed by atoms with Crippen molar-refractivity contribution in [3.05, 3.63) is 29.0 Å². The van der Waals surface area contributed by atoms with Crippen molar-refractivity contribution in [2.75, 3.05) is 13.7 Å². The van der Waals surface area contributed by atoms with Crippen LogP contribution in [0.1, 0.15) is 42.5 Å². The molecule has 1 amide bonds. The molecular weight excluding hydrogens is 332 g/mol. The first-order valence-corrected chi connectivity index (χ1v) is 9.19. The normalized spacial score (nSPS) is 20.1. The molecule has 6 heteroatoms. The third-order valence-electron chi connectivity index (χ3n) is 5.46. The Labute approximate surface area is 153 Å². The number of aromatic nitrogens is 1. The number of hydrogen-bond acceptors (Lipinski definition) is 5. The fraction of sp³-hybridized carbons (Fsp3) is 0.550. The van der Waals surface area contributed by atoms with Crippen molar-refractivity contribution in [2.45, 2.75) is 46.0 Å². The van der Waals surface area contributed by atoms with E-state index in [4.69, 9.17) is 9.26 Å². The average molecular weight is 358 g/mol. The maximum absolute atomic E-state index is 12.4. The molecule has 1 aliphatic rings. The summed E-state index contributed by atoms with van der Waals surface area (Å²) in [7, 11) is 1.42. The lowest BCUT2D eigenvalue weighted by Gasteiger charge is -2.29. The minimum atomic E-state index is -0.169. The van der Waals surface area contributed by atoms with E-state index in [1.807, 2.05) is 26.0 Å². The number of hydrogen-bond donors (Lipinski definition) is 1. The summed E-state index contributed by atoms with van der Waals surface area (Å²) in [6.07, 6.45) is 4.06. The highest BCUT2D eigenvalue weighted by atomic mass is 16.5. The molecule has 2 atom stereocenters. The second-order valence-electron chi connectivity index (χ2n) is 7.22. The fourth-order valence-electron chi connectivity index (χ4n) is 3.74. The van der Waals surface area contributed by atoms with Crippen molar-refractivity contribution >= 4 is 22.8 Å². The van der Waals surface area contributed by atoms with Crippen LogP contribution < -0.4 is 5.32 Å². The summed E-state index contributed by atoms with van der Waals surface area (Å²) < 4.78 is 10.3. The molecule has 2 unspecified atom stereocenters. The van der Waals surface area contributed by atoms with Gasteiger partial charge in [-0.2, -0.15) is 0 Å². The minimum Gasteiger partial charge on any atom is -0.469 e. The molecule has 0 saturated heterocycles. The lowest BCUT2D eigenvalue weighted by Crippen LogP contribution is -2.38. The standard InChI is InChI=1S/C20H26N2O4/c1-12-8-16-17(22-26-18(16)9-13(12)2)10-19(23)21-11-14-6-4-5-7-15(14)20(24)25-3/h8-9,14-15H,4-7,10-11H2,1-3H3,(H,21,23). The van der Waals surface area contributed by atoms with E-state index in [-0.39, 0.29) is 30.1 Å². The van der Waals surface area contributed by atoms with Crippen LogP contribution >= 0.6 is 0 Å². The second-order valence-corrected chi connectivity index (χ2v) is 7.22. The first kappa shape index (κ1) is 18.4. The van der Waals surface area contributed by atoms with Crippen LogP contribution in [0.2, 0.25) is 0 Å². The molecule has 1 saturated carbocycles. The zero-order valence-corrected chi connectivity index (χ0v) is 15.6. The van der Waals surface area contributed by atoms with Gasteiger partial charge in [-0.3, -0.25) is 9.59 Å². The van der Waals surface area contributed by atoms with Crippen LogP contribution in [0.15, 0.2) is 16.7 Å². The fourth-order valence-corrected chi connectivity index (χ4v) is 3.74. The molecule has 140 valence electrons. The first-order valence-electron chi connectivity index (χ1n) is 9.19. The SMILES string of the molecule is COC(=O)C1CCCCC1CNC(=O)Cc1noc2cc(C)c(C)cc12. The summed E-state index contributed by atoms with van der Waals surface area (Å²) in [4.78, 5) is 24.3. The molecule has 6 nitrogen and oxygen atoms in total. The van der Waals surface area contributed by atoms with Gasteiger partial charge in [0.25, 0.3) is 0 Å². The summed E-state index contributed by atoms with van der Waals surface area (Å²) in [5, 5.41) is 7.90. The number of benzene rings is 1. The molecule has 0 bridgehead atoms. The quantitative estimate of drug-likeness (QED) is 0.831. The number of ether oxygens (including phenoxy) is 1. The van der Waals surface area contributed by atoms with Crippen molar-refractivity contribution in [2.24, 2.45) is 11.8 Å². The third-order valence-corrected chi connectivity index (χ3v) is 5.46.